The van der Waals surface area contributed by atoms with Crippen molar-refractivity contribution in [1.82, 2.24) is 10.6 Å². The van der Waals surface area contributed by atoms with Crippen molar-refractivity contribution in [2.24, 2.45) is 5.73 Å². The SMILES string of the molecule is Cc1ccc(CCN(O)NC(N)=O)o1. The van der Waals surface area contributed by atoms with Crippen molar-refractivity contribution in [2.75, 3.05) is 6.54 Å². The van der Waals surface area contributed by atoms with Crippen molar-refractivity contribution in [2.45, 2.75) is 13.3 Å². The second-order valence-electron chi connectivity index (χ2n) is 2.86. The number of carbonyl (C=O) groups excluding carboxylic acids is 1. The number of aryl methyl sites for hydroxylation is 1. The van der Waals surface area contributed by atoms with Crippen LogP contribution in [0.25, 0.3) is 0 Å². The molecule has 0 spiro atoms. The van der Waals surface area contributed by atoms with E-state index in [1.807, 2.05) is 24.5 Å². The second kappa shape index (κ2) is 4.64. The Morgan fingerprint density at radius 3 is 2.93 bits per heavy atom. The number of nitrogens with one attached hydrogen (secondary N) is 1. The molecular formula is C8H13N3O3. The van der Waals surface area contributed by atoms with Gasteiger partial charge in [0, 0.05) is 6.42 Å². The zero-order valence-electron chi connectivity index (χ0n) is 7.86. The molecule has 0 radical (unpaired) electrons. The number of rotatable bonds is 4. The molecule has 1 rings (SSSR count). The van der Waals surface area contributed by atoms with E-state index in [0.717, 1.165) is 11.5 Å². The van der Waals surface area contributed by atoms with Gasteiger partial charge in [0.1, 0.15) is 11.5 Å². The van der Waals surface area contributed by atoms with Gasteiger partial charge < -0.3 is 10.2 Å². The number of nitrogens with zero attached hydrogens (tertiary/aromatic N) is 1. The maximum atomic E-state index is 10.3. The summed E-state index contributed by atoms with van der Waals surface area (Å²) in [5.74, 6) is 1.56. The number of primary amides is 1. The van der Waals surface area contributed by atoms with E-state index in [0.29, 0.717) is 11.6 Å². The maximum absolute atomic E-state index is 10.3. The van der Waals surface area contributed by atoms with Crippen molar-refractivity contribution < 1.29 is 14.4 Å². The number of carbonyl (C=O) groups is 1. The minimum atomic E-state index is -0.803. The molecule has 6 nitrogen and oxygen atoms in total. The van der Waals surface area contributed by atoms with E-state index >= 15 is 0 Å². The highest BCUT2D eigenvalue weighted by Crippen LogP contribution is 2.06. The monoisotopic (exact) mass is 199 g/mol. The molecule has 14 heavy (non-hydrogen) atoms. The fourth-order valence-corrected chi connectivity index (χ4v) is 1.02. The first-order chi connectivity index (χ1) is 6.58. The molecule has 6 heteroatoms. The molecule has 1 heterocycles. The lowest BCUT2D eigenvalue weighted by Gasteiger charge is -2.12. The number of hydroxylamine groups is 1. The molecular weight excluding hydrogens is 186 g/mol. The molecule has 1 aromatic rings. The number of furan rings is 1. The molecule has 0 aromatic carbocycles. The summed E-state index contributed by atoms with van der Waals surface area (Å²) in [4.78, 5) is 10.3. The number of amides is 2. The Kier molecular flexibility index (Phi) is 3.49. The summed E-state index contributed by atoms with van der Waals surface area (Å²) in [6, 6.07) is 2.84. The van der Waals surface area contributed by atoms with Crippen LogP contribution in [0.4, 0.5) is 4.79 Å². The lowest BCUT2D eigenvalue weighted by Crippen LogP contribution is -2.43. The molecule has 2 amide bonds. The molecule has 0 saturated carbocycles. The first-order valence-electron chi connectivity index (χ1n) is 4.16. The largest absolute Gasteiger partial charge is 0.466 e. The minimum Gasteiger partial charge on any atom is -0.466 e. The molecule has 0 aliphatic rings. The topological polar surface area (TPSA) is 91.7 Å². The number of urea groups is 1. The molecule has 1 aromatic heterocycles. The molecule has 0 aliphatic carbocycles. The highest BCUT2D eigenvalue weighted by molar-refractivity contribution is 5.70. The Morgan fingerprint density at radius 2 is 2.43 bits per heavy atom. The molecule has 0 fully saturated rings. The third kappa shape index (κ3) is 3.46. The zero-order valence-corrected chi connectivity index (χ0v) is 7.86. The van der Waals surface area contributed by atoms with E-state index in [-0.39, 0.29) is 6.54 Å². The van der Waals surface area contributed by atoms with Crippen LogP contribution in [0.15, 0.2) is 16.5 Å². The Labute approximate surface area is 81.2 Å². The number of hydrazine groups is 1. The van der Waals surface area contributed by atoms with Gasteiger partial charge in [-0.15, -0.1) is 5.17 Å². The normalized spacial score (nSPS) is 10.5. The summed E-state index contributed by atoms with van der Waals surface area (Å²) in [7, 11) is 0. The standard InChI is InChI=1S/C8H13N3O3/c1-6-2-3-7(14-6)4-5-11(13)10-8(9)12/h2-3,13H,4-5H2,1H3,(H3,9,10,12). The predicted molar refractivity (Wildman–Crippen MR) is 48.4 cm³/mol. The average Bonchev–Trinajstić information content (AvgIpc) is 2.47. The van der Waals surface area contributed by atoms with E-state index in [4.69, 9.17) is 15.4 Å². The van der Waals surface area contributed by atoms with Crippen molar-refractivity contribution in [3.63, 3.8) is 0 Å². The predicted octanol–water partition coefficient (Wildman–Crippen LogP) is 0.405. The van der Waals surface area contributed by atoms with Crippen LogP contribution in [0.1, 0.15) is 11.5 Å². The summed E-state index contributed by atoms with van der Waals surface area (Å²) < 4.78 is 5.26. The smallest absolute Gasteiger partial charge is 0.328 e. The summed E-state index contributed by atoms with van der Waals surface area (Å²) in [5.41, 5.74) is 6.80. The lowest BCUT2D eigenvalue weighted by molar-refractivity contribution is -0.121. The van der Waals surface area contributed by atoms with Crippen molar-refractivity contribution >= 4 is 6.03 Å². The van der Waals surface area contributed by atoms with E-state index in [1.165, 1.54) is 0 Å². The Hall–Kier alpha value is -1.53. The summed E-state index contributed by atoms with van der Waals surface area (Å²) in [6.45, 7) is 2.05. The van der Waals surface area contributed by atoms with Crippen LogP contribution < -0.4 is 11.2 Å². The van der Waals surface area contributed by atoms with Gasteiger partial charge in [0.25, 0.3) is 0 Å². The minimum absolute atomic E-state index is 0.218. The van der Waals surface area contributed by atoms with E-state index in [9.17, 15) is 4.79 Å². The first-order valence-corrected chi connectivity index (χ1v) is 4.16. The van der Waals surface area contributed by atoms with E-state index in [1.54, 1.807) is 0 Å². The fraction of sp³-hybridized carbons (Fsp3) is 0.375. The quantitative estimate of drug-likeness (QED) is 0.612. The van der Waals surface area contributed by atoms with Crippen LogP contribution in [-0.2, 0) is 6.42 Å². The van der Waals surface area contributed by atoms with Gasteiger partial charge in [0.2, 0.25) is 0 Å². The fourth-order valence-electron chi connectivity index (χ4n) is 1.02. The van der Waals surface area contributed by atoms with Crippen LogP contribution in [-0.4, -0.2) is 23.0 Å². The molecule has 4 N–H and O–H groups in total. The zero-order chi connectivity index (χ0) is 10.6. The van der Waals surface area contributed by atoms with E-state index in [2.05, 4.69) is 0 Å². The Balaban J connectivity index is 2.30. The first kappa shape index (κ1) is 10.6. The van der Waals surface area contributed by atoms with Crippen LogP contribution in [0.5, 0.6) is 0 Å². The van der Waals surface area contributed by atoms with Gasteiger partial charge in [0.15, 0.2) is 0 Å². The van der Waals surface area contributed by atoms with E-state index < -0.39 is 6.03 Å². The van der Waals surface area contributed by atoms with Crippen LogP contribution in [0.3, 0.4) is 0 Å². The summed E-state index contributed by atoms with van der Waals surface area (Å²) in [5, 5.41) is 9.69. The van der Waals surface area contributed by atoms with Gasteiger partial charge in [-0.3, -0.25) is 5.21 Å². The number of hydrogen-bond donors (Lipinski definition) is 3. The molecule has 0 atom stereocenters. The molecule has 0 unspecified atom stereocenters. The van der Waals surface area contributed by atoms with Gasteiger partial charge in [-0.05, 0) is 19.1 Å². The molecule has 0 aliphatic heterocycles. The van der Waals surface area contributed by atoms with Gasteiger partial charge in [-0.25, -0.2) is 10.2 Å². The van der Waals surface area contributed by atoms with Gasteiger partial charge in [-0.1, -0.05) is 0 Å². The second-order valence-corrected chi connectivity index (χ2v) is 2.86. The van der Waals surface area contributed by atoms with Crippen LogP contribution in [0, 0.1) is 6.92 Å². The lowest BCUT2D eigenvalue weighted by atomic mass is 10.3. The van der Waals surface area contributed by atoms with Gasteiger partial charge in [-0.2, -0.15) is 0 Å². The third-order valence-electron chi connectivity index (χ3n) is 1.61. The molecule has 78 valence electrons. The Morgan fingerprint density at radius 1 is 1.71 bits per heavy atom. The summed E-state index contributed by atoms with van der Waals surface area (Å²) in [6.07, 6.45) is 0.491. The molecule has 0 saturated heterocycles. The number of nitrogens with two attached hydrogens (primary N) is 1. The van der Waals surface area contributed by atoms with Crippen molar-refractivity contribution in [3.05, 3.63) is 23.7 Å². The maximum Gasteiger partial charge on any atom is 0.328 e. The average molecular weight is 199 g/mol. The Bertz CT molecular complexity index is 311. The van der Waals surface area contributed by atoms with Crippen molar-refractivity contribution in [1.29, 1.82) is 0 Å². The highest BCUT2D eigenvalue weighted by Gasteiger charge is 2.04. The third-order valence-corrected chi connectivity index (χ3v) is 1.61. The highest BCUT2D eigenvalue weighted by atomic mass is 16.5. The molecule has 0 bridgehead atoms. The summed E-state index contributed by atoms with van der Waals surface area (Å²) >= 11 is 0. The van der Waals surface area contributed by atoms with Crippen molar-refractivity contribution in [3.8, 4) is 0 Å². The van der Waals surface area contributed by atoms with Gasteiger partial charge >= 0.3 is 6.03 Å². The number of hydrogen-bond acceptors (Lipinski definition) is 4. The van der Waals surface area contributed by atoms with Crippen LogP contribution >= 0.6 is 0 Å². The van der Waals surface area contributed by atoms with Gasteiger partial charge in [0.05, 0.1) is 6.54 Å². The van der Waals surface area contributed by atoms with Crippen LogP contribution in [0.2, 0.25) is 0 Å².